The molecule has 0 fully saturated rings. The number of halogens is 2. The Kier molecular flexibility index (Phi) is 27.8. The molecule has 0 heterocycles. The minimum absolute atomic E-state index is 0. The summed E-state index contributed by atoms with van der Waals surface area (Å²) in [5.41, 5.74) is 20.5. The highest BCUT2D eigenvalue weighted by Gasteiger charge is 2.47. The smallest absolute Gasteiger partial charge is 0.341 e. The first kappa shape index (κ1) is 67.8. The summed E-state index contributed by atoms with van der Waals surface area (Å²) in [5.74, 6) is -7.26. The van der Waals surface area contributed by atoms with E-state index in [-0.39, 0.29) is 43.6 Å². The minimum atomic E-state index is -2.39. The Bertz CT molecular complexity index is 3210. The van der Waals surface area contributed by atoms with Gasteiger partial charge < -0.3 is 47.6 Å². The van der Waals surface area contributed by atoms with E-state index in [1.165, 1.54) is 6.92 Å². The van der Waals surface area contributed by atoms with Crippen molar-refractivity contribution in [2.24, 2.45) is 11.5 Å². The van der Waals surface area contributed by atoms with Crippen LogP contribution in [0.5, 0.6) is 0 Å². The maximum absolute atomic E-state index is 11.5. The second-order valence-corrected chi connectivity index (χ2v) is 18.7. The van der Waals surface area contributed by atoms with E-state index in [2.05, 4.69) is 5.32 Å². The Labute approximate surface area is 493 Å². The maximum Gasteiger partial charge on any atom is 0.341 e. The molecule has 0 aliphatic rings. The van der Waals surface area contributed by atoms with Crippen molar-refractivity contribution in [3.8, 4) is 44.5 Å². The summed E-state index contributed by atoms with van der Waals surface area (Å²) in [7, 11) is 0. The van der Waals surface area contributed by atoms with Crippen molar-refractivity contribution in [3.05, 3.63) is 241 Å². The van der Waals surface area contributed by atoms with Crippen LogP contribution in [0, 0.1) is 0 Å². The summed E-state index contributed by atoms with van der Waals surface area (Å²) < 4.78 is 0. The number of carboxylic acid groups (broad SMARTS) is 5. The van der Waals surface area contributed by atoms with E-state index >= 15 is 0 Å². The molecular formula is C65H66Cl2N4O12. The van der Waals surface area contributed by atoms with Gasteiger partial charge in [-0.3, -0.25) is 19.2 Å². The Morgan fingerprint density at radius 2 is 0.614 bits per heavy atom. The standard InChI is InChI=1S/C18H17NO5.C17H17NO3.2C15H15NO2.2ClH/c1-12(20)19-18(16(21)22,17(23)24)11-13-7-9-15(10-8-13)14-5-3-2-4-6-14;1-12(19)18-16(17(20)21)11-13-7-9-15(10-8-13)14-5-3-2-4-6-14;2*16-14(15(17)18)10-11-6-8-13(9-7-11)12-4-2-1-3-5-12;;/h2-10H,11H2,1H3,(H,19,20)(H,21,22)(H,23,24);2-10,16H,11H2,1H3,(H,18,19)(H,20,21);2*1-9,14H,10,16H2,(H,17,18);2*1H. The van der Waals surface area contributed by atoms with E-state index < -0.39 is 59.4 Å². The lowest BCUT2D eigenvalue weighted by Gasteiger charge is -2.25. The third-order valence-electron chi connectivity index (χ3n) is 12.5. The number of nitrogens with one attached hydrogen (secondary N) is 2. The molecule has 8 rings (SSSR count). The van der Waals surface area contributed by atoms with Gasteiger partial charge in [0.2, 0.25) is 17.4 Å². The molecular weight excluding hydrogens is 1100 g/mol. The predicted molar refractivity (Wildman–Crippen MR) is 325 cm³/mol. The summed E-state index contributed by atoms with van der Waals surface area (Å²) >= 11 is 0. The molecule has 2 amide bonds. The number of amides is 2. The molecule has 83 heavy (non-hydrogen) atoms. The van der Waals surface area contributed by atoms with Crippen molar-refractivity contribution in [3.63, 3.8) is 0 Å². The van der Waals surface area contributed by atoms with E-state index in [1.807, 2.05) is 199 Å². The number of nitrogens with two attached hydrogens (primary N) is 2. The Balaban J connectivity index is 0.000000290. The first-order chi connectivity index (χ1) is 38.7. The number of carboxylic acids is 5. The molecule has 0 saturated heterocycles. The molecule has 0 spiro atoms. The van der Waals surface area contributed by atoms with Crippen LogP contribution in [-0.4, -0.2) is 90.9 Å². The lowest BCUT2D eigenvalue weighted by Crippen LogP contribution is -2.61. The monoisotopic (exact) mass is 1160 g/mol. The number of hydrogen-bond acceptors (Lipinski definition) is 9. The molecule has 0 bridgehead atoms. The van der Waals surface area contributed by atoms with Crippen LogP contribution >= 0.6 is 24.8 Å². The van der Waals surface area contributed by atoms with Crippen molar-refractivity contribution in [2.75, 3.05) is 0 Å². The van der Waals surface area contributed by atoms with Gasteiger partial charge >= 0.3 is 29.8 Å². The molecule has 18 heteroatoms. The molecule has 0 radical (unpaired) electrons. The molecule has 432 valence electrons. The van der Waals surface area contributed by atoms with Crippen LogP contribution < -0.4 is 22.1 Å². The Morgan fingerprint density at radius 1 is 0.361 bits per heavy atom. The number of benzene rings is 8. The third kappa shape index (κ3) is 21.9. The van der Waals surface area contributed by atoms with Gasteiger partial charge in [0.05, 0.1) is 0 Å². The summed E-state index contributed by atoms with van der Waals surface area (Å²) in [6.07, 6.45) is 0.616. The highest BCUT2D eigenvalue weighted by Crippen LogP contribution is 2.24. The Morgan fingerprint density at radius 3 is 0.843 bits per heavy atom. The third-order valence-corrected chi connectivity index (χ3v) is 12.5. The fourth-order valence-electron chi connectivity index (χ4n) is 8.20. The lowest BCUT2D eigenvalue weighted by atomic mass is 9.90. The maximum atomic E-state index is 11.5. The van der Waals surface area contributed by atoms with Gasteiger partial charge in [0, 0.05) is 26.7 Å². The summed E-state index contributed by atoms with van der Waals surface area (Å²) in [6, 6.07) is 67.2. The average Bonchev–Trinajstić information content (AvgIpc) is 3.58. The summed E-state index contributed by atoms with van der Waals surface area (Å²) in [6.45, 7) is 2.40. The highest BCUT2D eigenvalue weighted by molar-refractivity contribution is 6.06. The van der Waals surface area contributed by atoms with E-state index in [9.17, 15) is 43.8 Å². The first-order valence-corrected chi connectivity index (χ1v) is 25.5. The molecule has 0 aliphatic carbocycles. The molecule has 16 nitrogen and oxygen atoms in total. The van der Waals surface area contributed by atoms with Gasteiger partial charge in [-0.25, -0.2) is 14.4 Å². The molecule has 0 aliphatic heterocycles. The van der Waals surface area contributed by atoms with Gasteiger partial charge in [-0.05, 0) is 79.6 Å². The van der Waals surface area contributed by atoms with E-state index in [1.54, 1.807) is 24.3 Å². The van der Waals surface area contributed by atoms with Gasteiger partial charge in [-0.1, -0.05) is 218 Å². The average molecular weight is 1170 g/mol. The van der Waals surface area contributed by atoms with Gasteiger partial charge in [0.25, 0.3) is 0 Å². The lowest BCUT2D eigenvalue weighted by molar-refractivity contribution is -0.161. The zero-order valence-corrected chi connectivity index (χ0v) is 47.0. The minimum Gasteiger partial charge on any atom is -0.480 e. The second-order valence-electron chi connectivity index (χ2n) is 18.7. The van der Waals surface area contributed by atoms with Crippen LogP contribution in [0.4, 0.5) is 0 Å². The van der Waals surface area contributed by atoms with Gasteiger partial charge in [-0.2, -0.15) is 0 Å². The molecule has 8 aromatic rings. The van der Waals surface area contributed by atoms with Gasteiger partial charge in [0.1, 0.15) is 18.1 Å². The van der Waals surface area contributed by atoms with Crippen LogP contribution in [0.2, 0.25) is 0 Å². The first-order valence-electron chi connectivity index (χ1n) is 25.5. The summed E-state index contributed by atoms with van der Waals surface area (Å²) in [4.78, 5) is 77.7. The van der Waals surface area contributed by atoms with Gasteiger partial charge in [0.15, 0.2) is 0 Å². The normalized spacial score (nSPS) is 11.3. The fourth-order valence-corrected chi connectivity index (χ4v) is 8.20. The SMILES string of the molecule is CC(=O)NC(Cc1ccc(-c2ccccc2)cc1)(C(=O)O)C(=O)O.CC(=O)NC(Cc1ccc(-c2ccccc2)cc1)C(=O)O.Cl.Cl.NC(Cc1ccc(-c2ccccc2)cc1)C(=O)O.NC(Cc1ccc(-c2ccccc2)cc1)C(=O)O. The van der Waals surface area contributed by atoms with Crippen molar-refractivity contribution >= 4 is 66.5 Å². The summed E-state index contributed by atoms with van der Waals surface area (Å²) in [5, 5.41) is 49.8. The number of rotatable bonds is 19. The highest BCUT2D eigenvalue weighted by atomic mass is 35.5. The van der Waals surface area contributed by atoms with E-state index in [0.29, 0.717) is 18.4 Å². The fraction of sp³-hybridized carbons (Fsp3) is 0.154. The van der Waals surface area contributed by atoms with Crippen molar-refractivity contribution in [2.45, 2.75) is 63.2 Å². The van der Waals surface area contributed by atoms with Crippen LogP contribution in [0.15, 0.2) is 218 Å². The van der Waals surface area contributed by atoms with Crippen LogP contribution in [0.25, 0.3) is 44.5 Å². The number of aliphatic carboxylic acids is 5. The zero-order chi connectivity index (χ0) is 58.9. The molecule has 8 aromatic carbocycles. The van der Waals surface area contributed by atoms with E-state index in [4.69, 9.17) is 26.8 Å². The molecule has 3 atom stereocenters. The molecule has 3 unspecified atom stereocenters. The van der Waals surface area contributed by atoms with Crippen LogP contribution in [-0.2, 0) is 59.2 Å². The Hall–Kier alpha value is -9.45. The zero-order valence-electron chi connectivity index (χ0n) is 45.4. The number of carbonyl (C=O) groups is 7. The quantitative estimate of drug-likeness (QED) is 0.0341. The van der Waals surface area contributed by atoms with E-state index in [0.717, 1.165) is 68.1 Å². The second kappa shape index (κ2) is 34.0. The molecule has 0 saturated carbocycles. The predicted octanol–water partition coefficient (Wildman–Crippen LogP) is 9.89. The van der Waals surface area contributed by atoms with Gasteiger partial charge in [-0.15, -0.1) is 24.8 Å². The largest absolute Gasteiger partial charge is 0.480 e. The van der Waals surface area contributed by atoms with Crippen LogP contribution in [0.1, 0.15) is 36.1 Å². The molecule has 11 N–H and O–H groups in total. The van der Waals surface area contributed by atoms with Crippen molar-refractivity contribution < 1.29 is 59.1 Å². The number of hydrogen-bond donors (Lipinski definition) is 9. The molecule has 0 aromatic heterocycles. The topological polar surface area (TPSA) is 297 Å². The van der Waals surface area contributed by atoms with Crippen molar-refractivity contribution in [1.29, 1.82) is 0 Å². The van der Waals surface area contributed by atoms with Crippen molar-refractivity contribution in [1.82, 2.24) is 10.6 Å². The number of carbonyl (C=O) groups excluding carboxylic acids is 2. The van der Waals surface area contributed by atoms with Crippen LogP contribution in [0.3, 0.4) is 0 Å².